The fourth-order valence-electron chi connectivity index (χ4n) is 1.80. The number of aromatic nitrogens is 1. The van der Waals surface area contributed by atoms with Gasteiger partial charge in [-0.25, -0.2) is 13.8 Å². The molecule has 0 aliphatic carbocycles. The first kappa shape index (κ1) is 13.7. The number of oxazole rings is 1. The van der Waals surface area contributed by atoms with Crippen molar-refractivity contribution in [3.63, 3.8) is 0 Å². The summed E-state index contributed by atoms with van der Waals surface area (Å²) in [6, 6.07) is 3.32. The van der Waals surface area contributed by atoms with E-state index in [9.17, 15) is 8.78 Å². The monoisotopic (exact) mass is 266 g/mol. The number of halogens is 2. The van der Waals surface area contributed by atoms with E-state index in [1.165, 1.54) is 12.1 Å². The molecule has 0 radical (unpaired) electrons. The molecule has 0 bridgehead atoms. The van der Waals surface area contributed by atoms with Gasteiger partial charge in [0.25, 0.3) is 0 Å². The second-order valence-corrected chi connectivity index (χ2v) is 4.34. The van der Waals surface area contributed by atoms with Crippen LogP contribution in [0.2, 0.25) is 0 Å². The molecule has 5 heteroatoms. The third kappa shape index (κ3) is 3.38. The van der Waals surface area contributed by atoms with E-state index in [4.69, 9.17) is 4.42 Å². The lowest BCUT2D eigenvalue weighted by atomic mass is 10.1. The molecule has 1 atom stereocenters. The zero-order chi connectivity index (χ0) is 13.8. The highest BCUT2D eigenvalue weighted by atomic mass is 19.1. The summed E-state index contributed by atoms with van der Waals surface area (Å²) in [4.78, 5) is 4.11. The van der Waals surface area contributed by atoms with Crippen LogP contribution < -0.4 is 5.32 Å². The third-order valence-corrected chi connectivity index (χ3v) is 2.94. The van der Waals surface area contributed by atoms with E-state index >= 15 is 0 Å². The van der Waals surface area contributed by atoms with Gasteiger partial charge in [0, 0.05) is 24.1 Å². The summed E-state index contributed by atoms with van der Waals surface area (Å²) in [5.41, 5.74) is 0.420. The van der Waals surface area contributed by atoms with Crippen LogP contribution in [0.5, 0.6) is 0 Å². The van der Waals surface area contributed by atoms with Gasteiger partial charge in [0.15, 0.2) is 0 Å². The lowest BCUT2D eigenvalue weighted by Gasteiger charge is -2.13. The molecule has 0 saturated carbocycles. The number of hydrogen-bond donors (Lipinski definition) is 1. The number of hydrogen-bond acceptors (Lipinski definition) is 3. The Morgan fingerprint density at radius 2 is 2.16 bits per heavy atom. The highest BCUT2D eigenvalue weighted by molar-refractivity contribution is 5.21. The van der Waals surface area contributed by atoms with Crippen LogP contribution in [-0.2, 0) is 13.0 Å². The SMILES string of the molecule is CCc1cnc(CNC(C)c2ccc(F)cc2F)o1. The summed E-state index contributed by atoms with van der Waals surface area (Å²) in [7, 11) is 0. The minimum Gasteiger partial charge on any atom is -0.444 e. The molecule has 1 N–H and O–H groups in total. The second-order valence-electron chi connectivity index (χ2n) is 4.34. The van der Waals surface area contributed by atoms with Gasteiger partial charge in [-0.05, 0) is 13.0 Å². The van der Waals surface area contributed by atoms with Gasteiger partial charge in [-0.2, -0.15) is 0 Å². The Bertz CT molecular complexity index is 554. The average molecular weight is 266 g/mol. The molecule has 0 fully saturated rings. The summed E-state index contributed by atoms with van der Waals surface area (Å²) in [6.45, 7) is 4.19. The van der Waals surface area contributed by atoms with Gasteiger partial charge in [0.2, 0.25) is 5.89 Å². The number of nitrogens with one attached hydrogen (secondary N) is 1. The topological polar surface area (TPSA) is 38.1 Å². The largest absolute Gasteiger partial charge is 0.444 e. The Kier molecular flexibility index (Phi) is 4.27. The van der Waals surface area contributed by atoms with Gasteiger partial charge >= 0.3 is 0 Å². The maximum Gasteiger partial charge on any atom is 0.208 e. The quantitative estimate of drug-likeness (QED) is 0.901. The van der Waals surface area contributed by atoms with Crippen molar-refractivity contribution in [2.24, 2.45) is 0 Å². The van der Waals surface area contributed by atoms with Gasteiger partial charge < -0.3 is 9.73 Å². The molecule has 1 aromatic heterocycles. The van der Waals surface area contributed by atoms with Crippen molar-refractivity contribution in [3.8, 4) is 0 Å². The van der Waals surface area contributed by atoms with Crippen molar-refractivity contribution in [2.75, 3.05) is 0 Å². The fourth-order valence-corrected chi connectivity index (χ4v) is 1.80. The zero-order valence-electron chi connectivity index (χ0n) is 10.9. The minimum absolute atomic E-state index is 0.252. The predicted molar refractivity (Wildman–Crippen MR) is 67.5 cm³/mol. The van der Waals surface area contributed by atoms with Gasteiger partial charge in [-0.1, -0.05) is 13.0 Å². The molecule has 102 valence electrons. The van der Waals surface area contributed by atoms with Crippen LogP contribution in [0.15, 0.2) is 28.8 Å². The van der Waals surface area contributed by atoms with E-state index < -0.39 is 11.6 Å². The Balaban J connectivity index is 1.98. The molecular weight excluding hydrogens is 250 g/mol. The van der Waals surface area contributed by atoms with Crippen molar-refractivity contribution in [2.45, 2.75) is 32.9 Å². The van der Waals surface area contributed by atoms with Gasteiger partial charge in [0.05, 0.1) is 12.7 Å². The Labute approximate surface area is 110 Å². The van der Waals surface area contributed by atoms with E-state index in [0.717, 1.165) is 18.2 Å². The number of nitrogens with zero attached hydrogens (tertiary/aromatic N) is 1. The summed E-state index contributed by atoms with van der Waals surface area (Å²) in [6.07, 6.45) is 2.47. The summed E-state index contributed by atoms with van der Waals surface area (Å²) in [5.74, 6) is 0.249. The van der Waals surface area contributed by atoms with Crippen LogP contribution in [0.25, 0.3) is 0 Å². The van der Waals surface area contributed by atoms with E-state index in [-0.39, 0.29) is 6.04 Å². The van der Waals surface area contributed by atoms with Crippen molar-refractivity contribution >= 4 is 0 Å². The van der Waals surface area contributed by atoms with Crippen LogP contribution in [0.1, 0.15) is 37.1 Å². The van der Waals surface area contributed by atoms with Crippen molar-refractivity contribution < 1.29 is 13.2 Å². The highest BCUT2D eigenvalue weighted by Gasteiger charge is 2.12. The van der Waals surface area contributed by atoms with Gasteiger partial charge in [-0.3, -0.25) is 0 Å². The molecule has 1 heterocycles. The maximum atomic E-state index is 13.6. The summed E-state index contributed by atoms with van der Waals surface area (Å²) < 4.78 is 31.8. The normalized spacial score (nSPS) is 12.6. The average Bonchev–Trinajstić information content (AvgIpc) is 2.84. The van der Waals surface area contributed by atoms with Crippen LogP contribution in [0.4, 0.5) is 8.78 Å². The van der Waals surface area contributed by atoms with Crippen molar-refractivity contribution in [3.05, 3.63) is 53.2 Å². The molecule has 0 saturated heterocycles. The standard InChI is InChI=1S/C14H16F2N2O/c1-3-11-7-18-14(19-11)8-17-9(2)12-5-4-10(15)6-13(12)16/h4-7,9,17H,3,8H2,1-2H3. The highest BCUT2D eigenvalue weighted by Crippen LogP contribution is 2.18. The first-order valence-electron chi connectivity index (χ1n) is 6.22. The Morgan fingerprint density at radius 3 is 2.79 bits per heavy atom. The van der Waals surface area contributed by atoms with E-state index in [1.54, 1.807) is 13.1 Å². The van der Waals surface area contributed by atoms with Gasteiger partial charge in [0.1, 0.15) is 17.4 Å². The van der Waals surface area contributed by atoms with Gasteiger partial charge in [-0.15, -0.1) is 0 Å². The lowest BCUT2D eigenvalue weighted by molar-refractivity contribution is 0.419. The van der Waals surface area contributed by atoms with Crippen molar-refractivity contribution in [1.29, 1.82) is 0 Å². The van der Waals surface area contributed by atoms with E-state index in [0.29, 0.717) is 18.0 Å². The molecule has 0 spiro atoms. The van der Waals surface area contributed by atoms with Crippen LogP contribution in [0, 0.1) is 11.6 Å². The molecule has 1 aromatic carbocycles. The Hall–Kier alpha value is -1.75. The molecule has 2 aromatic rings. The molecule has 0 aliphatic heterocycles. The molecule has 2 rings (SSSR count). The van der Waals surface area contributed by atoms with Crippen molar-refractivity contribution in [1.82, 2.24) is 10.3 Å². The van der Waals surface area contributed by atoms with E-state index in [2.05, 4.69) is 10.3 Å². The smallest absolute Gasteiger partial charge is 0.208 e. The number of benzene rings is 1. The second kappa shape index (κ2) is 5.93. The molecule has 1 unspecified atom stereocenters. The lowest BCUT2D eigenvalue weighted by Crippen LogP contribution is -2.19. The minimum atomic E-state index is -0.575. The molecule has 3 nitrogen and oxygen atoms in total. The van der Waals surface area contributed by atoms with Crippen LogP contribution in [0.3, 0.4) is 0 Å². The third-order valence-electron chi connectivity index (χ3n) is 2.94. The van der Waals surface area contributed by atoms with E-state index in [1.807, 2.05) is 6.92 Å². The maximum absolute atomic E-state index is 13.6. The fraction of sp³-hybridized carbons (Fsp3) is 0.357. The van der Waals surface area contributed by atoms with Crippen LogP contribution in [-0.4, -0.2) is 4.98 Å². The molecular formula is C14H16F2N2O. The molecule has 0 amide bonds. The summed E-state index contributed by atoms with van der Waals surface area (Å²) in [5, 5.41) is 3.09. The predicted octanol–water partition coefficient (Wildman–Crippen LogP) is 3.37. The Morgan fingerprint density at radius 1 is 1.37 bits per heavy atom. The van der Waals surface area contributed by atoms with Crippen LogP contribution >= 0.6 is 0 Å². The first-order valence-corrected chi connectivity index (χ1v) is 6.22. The number of rotatable bonds is 5. The number of aryl methyl sites for hydroxylation is 1. The molecule has 0 aliphatic rings. The molecule has 19 heavy (non-hydrogen) atoms. The first-order chi connectivity index (χ1) is 9.10. The zero-order valence-corrected chi connectivity index (χ0v) is 10.9. The summed E-state index contributed by atoms with van der Waals surface area (Å²) >= 11 is 0.